The summed E-state index contributed by atoms with van der Waals surface area (Å²) in [6.45, 7) is 5.61. The molecule has 0 aromatic carbocycles. The zero-order chi connectivity index (χ0) is 11.1. The molecule has 1 rings (SSSR count). The van der Waals surface area contributed by atoms with E-state index in [1.807, 2.05) is 31.4 Å². The minimum absolute atomic E-state index is 0.108. The standard InChI is InChI=1S/C11H18N2OS/c1-3-12-9(2)7-11(14)13-8-10-5-4-6-15-10/h4-6,9,12H,3,7-8H2,1-2H3,(H,13,14). The maximum absolute atomic E-state index is 11.5. The van der Waals surface area contributed by atoms with Gasteiger partial charge in [-0.15, -0.1) is 11.3 Å². The average Bonchev–Trinajstić information content (AvgIpc) is 2.67. The molecule has 0 saturated carbocycles. The maximum atomic E-state index is 11.5. The van der Waals surface area contributed by atoms with Gasteiger partial charge in [0.2, 0.25) is 5.91 Å². The molecule has 4 heteroatoms. The highest BCUT2D eigenvalue weighted by Crippen LogP contribution is 2.07. The van der Waals surface area contributed by atoms with Crippen LogP contribution < -0.4 is 10.6 Å². The molecular weight excluding hydrogens is 208 g/mol. The molecule has 0 spiro atoms. The molecule has 3 nitrogen and oxygen atoms in total. The zero-order valence-corrected chi connectivity index (χ0v) is 10.1. The SMILES string of the molecule is CCNC(C)CC(=O)NCc1cccs1. The summed E-state index contributed by atoms with van der Waals surface area (Å²) in [6.07, 6.45) is 0.541. The Kier molecular flexibility index (Phi) is 5.36. The molecular formula is C11H18N2OS. The fourth-order valence-corrected chi connectivity index (χ4v) is 2.01. The second-order valence-corrected chi connectivity index (χ2v) is 4.55. The van der Waals surface area contributed by atoms with Crippen LogP contribution in [0.5, 0.6) is 0 Å². The first-order valence-corrected chi connectivity index (χ1v) is 6.12. The van der Waals surface area contributed by atoms with Gasteiger partial charge in [-0.3, -0.25) is 4.79 Å². The monoisotopic (exact) mass is 226 g/mol. The number of nitrogens with one attached hydrogen (secondary N) is 2. The summed E-state index contributed by atoms with van der Waals surface area (Å²) in [5, 5.41) is 8.13. The highest BCUT2D eigenvalue weighted by atomic mass is 32.1. The third-order valence-electron chi connectivity index (χ3n) is 2.08. The van der Waals surface area contributed by atoms with Crippen molar-refractivity contribution >= 4 is 17.2 Å². The second-order valence-electron chi connectivity index (χ2n) is 3.52. The molecule has 0 aliphatic heterocycles. The maximum Gasteiger partial charge on any atom is 0.221 e. The van der Waals surface area contributed by atoms with Gasteiger partial charge in [-0.05, 0) is 24.9 Å². The lowest BCUT2D eigenvalue weighted by Crippen LogP contribution is -2.33. The summed E-state index contributed by atoms with van der Waals surface area (Å²) in [6, 6.07) is 4.27. The molecule has 1 amide bonds. The van der Waals surface area contributed by atoms with E-state index in [9.17, 15) is 4.79 Å². The van der Waals surface area contributed by atoms with Crippen molar-refractivity contribution in [1.29, 1.82) is 0 Å². The normalized spacial score (nSPS) is 12.4. The Bertz CT molecular complexity index is 285. The largest absolute Gasteiger partial charge is 0.351 e. The quantitative estimate of drug-likeness (QED) is 0.776. The molecule has 0 saturated heterocycles. The smallest absolute Gasteiger partial charge is 0.221 e. The van der Waals surface area contributed by atoms with Crippen LogP contribution in [-0.2, 0) is 11.3 Å². The molecule has 0 fully saturated rings. The van der Waals surface area contributed by atoms with Crippen molar-refractivity contribution in [2.75, 3.05) is 6.54 Å². The van der Waals surface area contributed by atoms with Gasteiger partial charge in [-0.25, -0.2) is 0 Å². The molecule has 1 heterocycles. The number of carbonyl (C=O) groups is 1. The summed E-state index contributed by atoms with van der Waals surface area (Å²) in [4.78, 5) is 12.7. The number of thiophene rings is 1. The van der Waals surface area contributed by atoms with Crippen LogP contribution >= 0.6 is 11.3 Å². The lowest BCUT2D eigenvalue weighted by Gasteiger charge is -2.11. The molecule has 1 atom stereocenters. The third kappa shape index (κ3) is 4.95. The van der Waals surface area contributed by atoms with Crippen molar-refractivity contribution in [3.63, 3.8) is 0 Å². The van der Waals surface area contributed by atoms with E-state index in [1.165, 1.54) is 4.88 Å². The predicted molar refractivity (Wildman–Crippen MR) is 63.9 cm³/mol. The lowest BCUT2D eigenvalue weighted by molar-refractivity contribution is -0.121. The van der Waals surface area contributed by atoms with E-state index in [4.69, 9.17) is 0 Å². The van der Waals surface area contributed by atoms with Crippen LogP contribution in [0.1, 0.15) is 25.1 Å². The van der Waals surface area contributed by atoms with Crippen LogP contribution in [0.4, 0.5) is 0 Å². The van der Waals surface area contributed by atoms with E-state index >= 15 is 0 Å². The molecule has 1 aromatic heterocycles. The topological polar surface area (TPSA) is 41.1 Å². The van der Waals surface area contributed by atoms with Crippen molar-refractivity contribution < 1.29 is 4.79 Å². The van der Waals surface area contributed by atoms with E-state index in [-0.39, 0.29) is 11.9 Å². The minimum Gasteiger partial charge on any atom is -0.351 e. The Morgan fingerprint density at radius 3 is 3.00 bits per heavy atom. The van der Waals surface area contributed by atoms with Gasteiger partial charge in [0.05, 0.1) is 6.54 Å². The van der Waals surface area contributed by atoms with Crippen molar-refractivity contribution in [2.24, 2.45) is 0 Å². The number of rotatable bonds is 6. The van der Waals surface area contributed by atoms with Gasteiger partial charge in [0.1, 0.15) is 0 Å². The van der Waals surface area contributed by atoms with E-state index < -0.39 is 0 Å². The summed E-state index contributed by atoms with van der Waals surface area (Å²) < 4.78 is 0. The molecule has 0 radical (unpaired) electrons. The van der Waals surface area contributed by atoms with E-state index in [0.717, 1.165) is 6.54 Å². The van der Waals surface area contributed by atoms with Gasteiger partial charge in [0.15, 0.2) is 0 Å². The Hall–Kier alpha value is -0.870. The van der Waals surface area contributed by atoms with Crippen molar-refractivity contribution in [2.45, 2.75) is 32.9 Å². The minimum atomic E-state index is 0.108. The number of carbonyl (C=O) groups excluding carboxylic acids is 1. The van der Waals surface area contributed by atoms with Gasteiger partial charge in [0.25, 0.3) is 0 Å². The Morgan fingerprint density at radius 2 is 2.40 bits per heavy atom. The summed E-state index contributed by atoms with van der Waals surface area (Å²) in [7, 11) is 0. The average molecular weight is 226 g/mol. The molecule has 1 aromatic rings. The van der Waals surface area contributed by atoms with Gasteiger partial charge in [-0.1, -0.05) is 13.0 Å². The Balaban J connectivity index is 2.19. The fourth-order valence-electron chi connectivity index (χ4n) is 1.37. The second kappa shape index (κ2) is 6.58. The first kappa shape index (κ1) is 12.2. The Labute approximate surface area is 94.9 Å². The highest BCUT2D eigenvalue weighted by molar-refractivity contribution is 7.09. The predicted octanol–water partition coefficient (Wildman–Crippen LogP) is 1.75. The van der Waals surface area contributed by atoms with E-state index in [2.05, 4.69) is 10.6 Å². The van der Waals surface area contributed by atoms with Crippen molar-refractivity contribution in [3.8, 4) is 0 Å². The van der Waals surface area contributed by atoms with Gasteiger partial charge in [-0.2, -0.15) is 0 Å². The first-order valence-electron chi connectivity index (χ1n) is 5.24. The zero-order valence-electron chi connectivity index (χ0n) is 9.25. The summed E-state index contributed by atoms with van der Waals surface area (Å²) in [5.41, 5.74) is 0. The van der Waals surface area contributed by atoms with Crippen LogP contribution in [0.3, 0.4) is 0 Å². The fraction of sp³-hybridized carbons (Fsp3) is 0.545. The van der Waals surface area contributed by atoms with Crippen LogP contribution in [0.25, 0.3) is 0 Å². The van der Waals surface area contributed by atoms with Crippen LogP contribution in [0.2, 0.25) is 0 Å². The lowest BCUT2D eigenvalue weighted by atomic mass is 10.2. The van der Waals surface area contributed by atoms with Crippen LogP contribution in [0, 0.1) is 0 Å². The molecule has 15 heavy (non-hydrogen) atoms. The molecule has 0 bridgehead atoms. The van der Waals surface area contributed by atoms with Gasteiger partial charge < -0.3 is 10.6 Å². The molecule has 84 valence electrons. The van der Waals surface area contributed by atoms with E-state index in [0.29, 0.717) is 13.0 Å². The van der Waals surface area contributed by atoms with Gasteiger partial charge >= 0.3 is 0 Å². The number of hydrogen-bond donors (Lipinski definition) is 2. The van der Waals surface area contributed by atoms with Crippen molar-refractivity contribution in [3.05, 3.63) is 22.4 Å². The summed E-state index contributed by atoms with van der Waals surface area (Å²) in [5.74, 6) is 0.108. The molecule has 1 unspecified atom stereocenters. The van der Waals surface area contributed by atoms with Crippen molar-refractivity contribution in [1.82, 2.24) is 10.6 Å². The number of amides is 1. The van der Waals surface area contributed by atoms with Crippen LogP contribution in [-0.4, -0.2) is 18.5 Å². The van der Waals surface area contributed by atoms with E-state index in [1.54, 1.807) is 11.3 Å². The molecule has 2 N–H and O–H groups in total. The van der Waals surface area contributed by atoms with Crippen LogP contribution in [0.15, 0.2) is 17.5 Å². The summed E-state index contributed by atoms with van der Waals surface area (Å²) >= 11 is 1.66. The third-order valence-corrected chi connectivity index (χ3v) is 2.96. The molecule has 0 aliphatic carbocycles. The van der Waals surface area contributed by atoms with Gasteiger partial charge in [0, 0.05) is 17.3 Å². The first-order chi connectivity index (χ1) is 7.22. The Morgan fingerprint density at radius 1 is 1.60 bits per heavy atom. The highest BCUT2D eigenvalue weighted by Gasteiger charge is 2.07. The number of hydrogen-bond acceptors (Lipinski definition) is 3. The molecule has 0 aliphatic rings.